The predicted molar refractivity (Wildman–Crippen MR) is 64.0 cm³/mol. The largest absolute Gasteiger partial charge is 0.383 e. The number of hydrogen-bond donors (Lipinski definition) is 1. The van der Waals surface area contributed by atoms with Gasteiger partial charge >= 0.3 is 0 Å². The first kappa shape index (κ1) is 12.3. The van der Waals surface area contributed by atoms with E-state index >= 15 is 0 Å². The molecule has 0 saturated heterocycles. The first-order chi connectivity index (χ1) is 6.80. The molecule has 14 heavy (non-hydrogen) atoms. The molecule has 84 valence electrons. The molecule has 3 atom stereocenters. The molecule has 3 heteroatoms. The molecular weight excluding hydrogens is 194 g/mol. The molecule has 1 saturated carbocycles. The molecule has 0 bridgehead atoms. The molecule has 0 spiro atoms. The molecule has 0 unspecified atom stereocenters. The summed E-state index contributed by atoms with van der Waals surface area (Å²) < 4.78 is 5.19. The number of methoxy groups -OCH3 is 1. The van der Waals surface area contributed by atoms with Gasteiger partial charge in [-0.25, -0.2) is 0 Å². The topological polar surface area (TPSA) is 21.3 Å². The third-order valence-electron chi connectivity index (χ3n) is 3.05. The number of ether oxygens (including phenoxy) is 1. The minimum Gasteiger partial charge on any atom is -0.383 e. The van der Waals surface area contributed by atoms with Crippen LogP contribution in [0.15, 0.2) is 0 Å². The van der Waals surface area contributed by atoms with Crippen molar-refractivity contribution in [2.24, 2.45) is 0 Å². The lowest BCUT2D eigenvalue weighted by Gasteiger charge is -2.21. The first-order valence-electron chi connectivity index (χ1n) is 5.57. The molecular formula is C11H23NOS. The van der Waals surface area contributed by atoms with Crippen LogP contribution in [0.25, 0.3) is 0 Å². The Balaban J connectivity index is 2.22. The van der Waals surface area contributed by atoms with Gasteiger partial charge in [0.1, 0.15) is 0 Å². The Labute approximate surface area is 92.2 Å². The summed E-state index contributed by atoms with van der Waals surface area (Å²) in [4.78, 5) is 0. The van der Waals surface area contributed by atoms with Gasteiger partial charge in [-0.3, -0.25) is 0 Å². The number of nitrogens with one attached hydrogen (secondary N) is 1. The normalized spacial score (nSPS) is 29.4. The molecule has 0 aromatic rings. The Hall–Kier alpha value is 0.270. The maximum absolute atomic E-state index is 5.19. The van der Waals surface area contributed by atoms with Crippen LogP contribution in [0.1, 0.15) is 32.6 Å². The van der Waals surface area contributed by atoms with E-state index in [0.717, 1.165) is 24.3 Å². The van der Waals surface area contributed by atoms with Crippen molar-refractivity contribution in [1.29, 1.82) is 0 Å². The average molecular weight is 217 g/mol. The van der Waals surface area contributed by atoms with Crippen molar-refractivity contribution in [3.05, 3.63) is 0 Å². The van der Waals surface area contributed by atoms with Crippen molar-refractivity contribution in [3.63, 3.8) is 0 Å². The molecule has 0 heterocycles. The van der Waals surface area contributed by atoms with Crippen molar-refractivity contribution in [2.75, 3.05) is 20.0 Å². The van der Waals surface area contributed by atoms with E-state index in [-0.39, 0.29) is 0 Å². The van der Waals surface area contributed by atoms with Crippen LogP contribution in [-0.2, 0) is 4.74 Å². The van der Waals surface area contributed by atoms with Crippen molar-refractivity contribution in [1.82, 2.24) is 5.32 Å². The standard InChI is InChI=1S/C11H23NOS/c1-4-9(8-13-2)12-10-5-6-11(7-10)14-3/h9-12H,4-8H2,1-3H3/t9-,10-,11-/m1/s1. The average Bonchev–Trinajstić information content (AvgIpc) is 2.65. The second-order valence-corrected chi connectivity index (χ2v) is 5.23. The van der Waals surface area contributed by atoms with Gasteiger partial charge in [0.2, 0.25) is 0 Å². The second-order valence-electron chi connectivity index (χ2n) is 4.09. The Bertz CT molecular complexity index is 154. The maximum Gasteiger partial charge on any atom is 0.0615 e. The van der Waals surface area contributed by atoms with Crippen molar-refractivity contribution < 1.29 is 4.74 Å². The highest BCUT2D eigenvalue weighted by Gasteiger charge is 2.25. The van der Waals surface area contributed by atoms with Crippen molar-refractivity contribution >= 4 is 11.8 Å². The van der Waals surface area contributed by atoms with Gasteiger partial charge in [0.05, 0.1) is 6.61 Å². The fraction of sp³-hybridized carbons (Fsp3) is 1.00. The summed E-state index contributed by atoms with van der Waals surface area (Å²) in [5.41, 5.74) is 0. The summed E-state index contributed by atoms with van der Waals surface area (Å²) >= 11 is 2.01. The van der Waals surface area contributed by atoms with E-state index in [2.05, 4.69) is 18.5 Å². The quantitative estimate of drug-likeness (QED) is 0.737. The van der Waals surface area contributed by atoms with E-state index in [0.29, 0.717) is 6.04 Å². The smallest absolute Gasteiger partial charge is 0.0615 e. The zero-order valence-corrected chi connectivity index (χ0v) is 10.4. The molecule has 1 aliphatic rings. The lowest BCUT2D eigenvalue weighted by Crippen LogP contribution is -2.39. The van der Waals surface area contributed by atoms with Crippen molar-refractivity contribution in [3.8, 4) is 0 Å². The molecule has 0 radical (unpaired) electrons. The molecule has 1 rings (SSSR count). The molecule has 1 N–H and O–H groups in total. The molecule has 1 fully saturated rings. The van der Waals surface area contributed by atoms with Crippen LogP contribution in [-0.4, -0.2) is 37.3 Å². The molecule has 0 aromatic heterocycles. The minimum absolute atomic E-state index is 0.547. The first-order valence-corrected chi connectivity index (χ1v) is 6.86. The highest BCUT2D eigenvalue weighted by molar-refractivity contribution is 7.99. The Morgan fingerprint density at radius 3 is 2.79 bits per heavy atom. The third-order valence-corrected chi connectivity index (χ3v) is 4.14. The lowest BCUT2D eigenvalue weighted by molar-refractivity contribution is 0.158. The van der Waals surface area contributed by atoms with E-state index in [1.165, 1.54) is 19.3 Å². The minimum atomic E-state index is 0.547. The van der Waals surface area contributed by atoms with Crippen LogP contribution in [0.4, 0.5) is 0 Å². The van der Waals surface area contributed by atoms with Crippen LogP contribution in [0, 0.1) is 0 Å². The number of hydrogen-bond acceptors (Lipinski definition) is 3. The van der Waals surface area contributed by atoms with Gasteiger partial charge in [-0.2, -0.15) is 11.8 Å². The summed E-state index contributed by atoms with van der Waals surface area (Å²) in [5.74, 6) is 0. The van der Waals surface area contributed by atoms with E-state index in [1.54, 1.807) is 7.11 Å². The summed E-state index contributed by atoms with van der Waals surface area (Å²) in [5, 5.41) is 4.57. The van der Waals surface area contributed by atoms with E-state index in [1.807, 2.05) is 11.8 Å². The molecule has 0 aromatic carbocycles. The van der Waals surface area contributed by atoms with E-state index in [9.17, 15) is 0 Å². The monoisotopic (exact) mass is 217 g/mol. The molecule has 2 nitrogen and oxygen atoms in total. The number of thioether (sulfide) groups is 1. The highest BCUT2D eigenvalue weighted by Crippen LogP contribution is 2.28. The van der Waals surface area contributed by atoms with Gasteiger partial charge in [-0.05, 0) is 31.9 Å². The summed E-state index contributed by atoms with van der Waals surface area (Å²) in [6, 6.07) is 1.28. The molecule has 0 aliphatic heterocycles. The predicted octanol–water partition coefficient (Wildman–Crippen LogP) is 2.29. The van der Waals surface area contributed by atoms with Crippen LogP contribution in [0.3, 0.4) is 0 Å². The van der Waals surface area contributed by atoms with E-state index < -0.39 is 0 Å². The van der Waals surface area contributed by atoms with Crippen molar-refractivity contribution in [2.45, 2.75) is 49.9 Å². The van der Waals surface area contributed by atoms with Gasteiger partial charge in [-0.15, -0.1) is 0 Å². The summed E-state index contributed by atoms with van der Waals surface area (Å²) in [6.45, 7) is 3.06. The fourth-order valence-electron chi connectivity index (χ4n) is 2.12. The molecule has 1 aliphatic carbocycles. The van der Waals surface area contributed by atoms with Gasteiger partial charge in [-0.1, -0.05) is 6.92 Å². The van der Waals surface area contributed by atoms with E-state index in [4.69, 9.17) is 4.74 Å². The highest BCUT2D eigenvalue weighted by atomic mass is 32.2. The zero-order valence-electron chi connectivity index (χ0n) is 9.58. The second kappa shape index (κ2) is 6.70. The van der Waals surface area contributed by atoms with Crippen LogP contribution >= 0.6 is 11.8 Å². The Morgan fingerprint density at radius 1 is 1.50 bits per heavy atom. The van der Waals surface area contributed by atoms with Gasteiger partial charge in [0.15, 0.2) is 0 Å². The lowest BCUT2D eigenvalue weighted by atomic mass is 10.2. The fourth-order valence-corrected chi connectivity index (χ4v) is 2.92. The van der Waals surface area contributed by atoms with Crippen LogP contribution < -0.4 is 5.32 Å². The maximum atomic E-state index is 5.19. The molecule has 0 amide bonds. The Morgan fingerprint density at radius 2 is 2.29 bits per heavy atom. The summed E-state index contributed by atoms with van der Waals surface area (Å²) in [7, 11) is 1.78. The summed E-state index contributed by atoms with van der Waals surface area (Å²) in [6.07, 6.45) is 7.43. The van der Waals surface area contributed by atoms with Gasteiger partial charge in [0.25, 0.3) is 0 Å². The van der Waals surface area contributed by atoms with Gasteiger partial charge in [0, 0.05) is 24.4 Å². The Kier molecular flexibility index (Phi) is 5.90. The third kappa shape index (κ3) is 3.79. The van der Waals surface area contributed by atoms with Crippen LogP contribution in [0.2, 0.25) is 0 Å². The van der Waals surface area contributed by atoms with Gasteiger partial charge < -0.3 is 10.1 Å². The number of rotatable bonds is 6. The SMILES string of the molecule is CC[C@H](COC)N[C@@H]1CC[C@@H](SC)C1. The zero-order chi connectivity index (χ0) is 10.4. The van der Waals surface area contributed by atoms with Crippen LogP contribution in [0.5, 0.6) is 0 Å².